The van der Waals surface area contributed by atoms with Crippen LogP contribution in [0.3, 0.4) is 0 Å². The number of piperazine rings is 1. The Hall–Kier alpha value is -1.54. The average molecular weight is 384 g/mol. The molecule has 9 heteroatoms. The van der Waals surface area contributed by atoms with Gasteiger partial charge in [-0.1, -0.05) is 23.4 Å². The molecule has 0 bridgehead atoms. The van der Waals surface area contributed by atoms with E-state index in [1.165, 1.54) is 11.8 Å². The van der Waals surface area contributed by atoms with Crippen molar-refractivity contribution in [2.75, 3.05) is 49.9 Å². The van der Waals surface area contributed by atoms with Crippen molar-refractivity contribution in [1.82, 2.24) is 19.8 Å². The Labute approximate surface area is 156 Å². The third kappa shape index (κ3) is 4.76. The Morgan fingerprint density at radius 2 is 1.72 bits per heavy atom. The molecular formula is C16H22ClN5O2S. The number of rotatable bonds is 4. The third-order valence-corrected chi connectivity index (χ3v) is 5.52. The van der Waals surface area contributed by atoms with E-state index in [0.29, 0.717) is 36.5 Å². The monoisotopic (exact) mass is 383 g/mol. The zero-order chi connectivity index (χ0) is 17.8. The Bertz CT molecular complexity index is 645. The third-order valence-electron chi connectivity index (χ3n) is 4.49. The van der Waals surface area contributed by atoms with Gasteiger partial charge >= 0.3 is 0 Å². The summed E-state index contributed by atoms with van der Waals surface area (Å²) in [5, 5.41) is 0.937. The zero-order valence-electron chi connectivity index (χ0n) is 14.3. The van der Waals surface area contributed by atoms with Gasteiger partial charge in [0.25, 0.3) is 0 Å². The van der Waals surface area contributed by atoms with Crippen LogP contribution < -0.4 is 4.90 Å². The van der Waals surface area contributed by atoms with E-state index >= 15 is 0 Å². The van der Waals surface area contributed by atoms with Crippen LogP contribution in [0.15, 0.2) is 11.2 Å². The van der Waals surface area contributed by atoms with Crippen LogP contribution >= 0.6 is 23.4 Å². The molecule has 0 radical (unpaired) electrons. The Balaban J connectivity index is 1.54. The van der Waals surface area contributed by atoms with Crippen molar-refractivity contribution in [1.29, 1.82) is 0 Å². The lowest BCUT2D eigenvalue weighted by atomic mass is 10.3. The molecule has 0 spiro atoms. The summed E-state index contributed by atoms with van der Waals surface area (Å²) in [7, 11) is 0. The molecule has 1 aromatic rings. The fourth-order valence-corrected chi connectivity index (χ4v) is 4.03. The van der Waals surface area contributed by atoms with Gasteiger partial charge in [0.05, 0.1) is 5.75 Å². The summed E-state index contributed by atoms with van der Waals surface area (Å²) in [6, 6.07) is 1.78. The van der Waals surface area contributed by atoms with Gasteiger partial charge in [-0.15, -0.1) is 0 Å². The SMILES string of the molecule is CC(=O)N1CCN(C(=O)CSc2nc(Cl)cc(N3CCCC3)n2)CC1. The van der Waals surface area contributed by atoms with Gasteiger partial charge in [-0.3, -0.25) is 9.59 Å². The van der Waals surface area contributed by atoms with E-state index < -0.39 is 0 Å². The van der Waals surface area contributed by atoms with E-state index in [-0.39, 0.29) is 17.6 Å². The van der Waals surface area contributed by atoms with Crippen LogP contribution in [0.4, 0.5) is 5.82 Å². The molecule has 0 N–H and O–H groups in total. The van der Waals surface area contributed by atoms with E-state index in [1.807, 2.05) is 0 Å². The van der Waals surface area contributed by atoms with Gasteiger partial charge in [-0.25, -0.2) is 9.97 Å². The number of carbonyl (C=O) groups is 2. The van der Waals surface area contributed by atoms with Gasteiger partial charge < -0.3 is 14.7 Å². The molecule has 2 aliphatic heterocycles. The molecule has 25 heavy (non-hydrogen) atoms. The van der Waals surface area contributed by atoms with Crippen molar-refractivity contribution in [3.8, 4) is 0 Å². The quantitative estimate of drug-likeness (QED) is 0.446. The van der Waals surface area contributed by atoms with Crippen LogP contribution in [0.5, 0.6) is 0 Å². The maximum atomic E-state index is 12.4. The number of carbonyl (C=O) groups excluding carboxylic acids is 2. The summed E-state index contributed by atoms with van der Waals surface area (Å²) in [5.41, 5.74) is 0. The Morgan fingerprint density at radius 1 is 1.08 bits per heavy atom. The molecule has 1 aromatic heterocycles. The molecular weight excluding hydrogens is 362 g/mol. The van der Waals surface area contributed by atoms with Gasteiger partial charge in [-0.2, -0.15) is 0 Å². The fraction of sp³-hybridized carbons (Fsp3) is 0.625. The van der Waals surface area contributed by atoms with E-state index in [1.54, 1.807) is 22.8 Å². The number of aromatic nitrogens is 2. The van der Waals surface area contributed by atoms with Gasteiger partial charge in [-0.05, 0) is 12.8 Å². The smallest absolute Gasteiger partial charge is 0.233 e. The first-order chi connectivity index (χ1) is 12.0. The minimum absolute atomic E-state index is 0.0412. The molecule has 2 saturated heterocycles. The second kappa shape index (κ2) is 8.23. The van der Waals surface area contributed by atoms with Crippen LogP contribution in [0.25, 0.3) is 0 Å². The first-order valence-corrected chi connectivity index (χ1v) is 9.85. The predicted molar refractivity (Wildman–Crippen MR) is 98.0 cm³/mol. The maximum Gasteiger partial charge on any atom is 0.233 e. The molecule has 0 atom stereocenters. The van der Waals surface area contributed by atoms with Crippen LogP contribution in [0.1, 0.15) is 19.8 Å². The molecule has 0 saturated carbocycles. The van der Waals surface area contributed by atoms with E-state index in [9.17, 15) is 9.59 Å². The molecule has 2 aliphatic rings. The summed E-state index contributed by atoms with van der Waals surface area (Å²) >= 11 is 7.43. The van der Waals surface area contributed by atoms with Crippen molar-refractivity contribution < 1.29 is 9.59 Å². The van der Waals surface area contributed by atoms with Crippen molar-refractivity contribution in [2.24, 2.45) is 0 Å². The molecule has 7 nitrogen and oxygen atoms in total. The highest BCUT2D eigenvalue weighted by molar-refractivity contribution is 7.99. The van der Waals surface area contributed by atoms with Crippen LogP contribution in [-0.4, -0.2) is 76.6 Å². The highest BCUT2D eigenvalue weighted by Gasteiger charge is 2.23. The number of nitrogens with zero attached hydrogens (tertiary/aromatic N) is 5. The maximum absolute atomic E-state index is 12.4. The molecule has 2 fully saturated rings. The molecule has 3 heterocycles. The van der Waals surface area contributed by atoms with E-state index in [4.69, 9.17) is 11.6 Å². The summed E-state index contributed by atoms with van der Waals surface area (Å²) in [4.78, 5) is 38.2. The van der Waals surface area contributed by atoms with Crippen LogP contribution in [0, 0.1) is 0 Å². The second-order valence-electron chi connectivity index (χ2n) is 6.20. The highest BCUT2D eigenvalue weighted by Crippen LogP contribution is 2.24. The summed E-state index contributed by atoms with van der Waals surface area (Å²) in [5.74, 6) is 1.21. The topological polar surface area (TPSA) is 69.6 Å². The molecule has 0 unspecified atom stereocenters. The molecule has 136 valence electrons. The average Bonchev–Trinajstić information content (AvgIpc) is 3.14. The number of amides is 2. The lowest BCUT2D eigenvalue weighted by Gasteiger charge is -2.34. The molecule has 3 rings (SSSR count). The summed E-state index contributed by atoms with van der Waals surface area (Å²) < 4.78 is 0. The van der Waals surface area contributed by atoms with E-state index in [0.717, 1.165) is 31.7 Å². The van der Waals surface area contributed by atoms with Gasteiger partial charge in [0.15, 0.2) is 5.16 Å². The lowest BCUT2D eigenvalue weighted by Crippen LogP contribution is -2.50. The Morgan fingerprint density at radius 3 is 2.36 bits per heavy atom. The largest absolute Gasteiger partial charge is 0.356 e. The van der Waals surface area contributed by atoms with Gasteiger partial charge in [0, 0.05) is 52.3 Å². The standard InChI is InChI=1S/C16H22ClN5O2S/c1-12(23)20-6-8-22(9-7-20)15(24)11-25-16-18-13(17)10-14(19-16)21-4-2-3-5-21/h10H,2-9,11H2,1H3. The molecule has 0 aromatic carbocycles. The minimum atomic E-state index is 0.0412. The lowest BCUT2D eigenvalue weighted by molar-refractivity contribution is -0.136. The highest BCUT2D eigenvalue weighted by atomic mass is 35.5. The molecule has 0 aliphatic carbocycles. The molecule has 2 amide bonds. The number of hydrogen-bond donors (Lipinski definition) is 0. The number of halogens is 1. The van der Waals surface area contributed by atoms with Crippen LogP contribution in [-0.2, 0) is 9.59 Å². The zero-order valence-corrected chi connectivity index (χ0v) is 15.9. The van der Waals surface area contributed by atoms with E-state index in [2.05, 4.69) is 14.9 Å². The number of thioether (sulfide) groups is 1. The van der Waals surface area contributed by atoms with Crippen molar-refractivity contribution in [2.45, 2.75) is 24.9 Å². The normalized spacial score (nSPS) is 17.9. The van der Waals surface area contributed by atoms with Crippen LogP contribution in [0.2, 0.25) is 5.15 Å². The predicted octanol–water partition coefficient (Wildman–Crippen LogP) is 1.51. The number of hydrogen-bond acceptors (Lipinski definition) is 6. The first kappa shape index (κ1) is 18.3. The van der Waals surface area contributed by atoms with Crippen molar-refractivity contribution in [3.63, 3.8) is 0 Å². The second-order valence-corrected chi connectivity index (χ2v) is 7.53. The Kier molecular flexibility index (Phi) is 6.01. The van der Waals surface area contributed by atoms with Crippen molar-refractivity contribution >= 4 is 41.0 Å². The van der Waals surface area contributed by atoms with Gasteiger partial charge in [0.2, 0.25) is 11.8 Å². The summed E-state index contributed by atoms with van der Waals surface area (Å²) in [6.45, 7) is 5.87. The fourth-order valence-electron chi connectivity index (χ4n) is 3.05. The minimum Gasteiger partial charge on any atom is -0.356 e. The number of anilines is 1. The summed E-state index contributed by atoms with van der Waals surface area (Å²) in [6.07, 6.45) is 2.32. The van der Waals surface area contributed by atoms with Crippen molar-refractivity contribution in [3.05, 3.63) is 11.2 Å². The van der Waals surface area contributed by atoms with Gasteiger partial charge in [0.1, 0.15) is 11.0 Å². The first-order valence-electron chi connectivity index (χ1n) is 8.48.